The fourth-order valence-corrected chi connectivity index (χ4v) is 6.34. The molecule has 0 aromatic carbocycles. The molecule has 4 nitrogen and oxygen atoms in total. The molecule has 4 heterocycles. The van der Waals surface area contributed by atoms with E-state index in [-0.39, 0.29) is 40.8 Å². The average molecular weight is 422 g/mol. The number of likely N-dealkylation sites (N-methyl/N-ethyl adjacent to an activating group) is 2. The van der Waals surface area contributed by atoms with Crippen LogP contribution in [-0.2, 0) is 9.59 Å². The summed E-state index contributed by atoms with van der Waals surface area (Å²) in [7, 11) is 3.53. The summed E-state index contributed by atoms with van der Waals surface area (Å²) >= 11 is 0.373. The standard InChI is InChI=1S/C16H12N2O2Se2/c1-17-13(9-5-3-7-21-9)11-12(15(17)19)14(18(2)16(11)20)10-6-4-8-22-10/h3-8H,1-2H3. The molecule has 0 atom stereocenters. The summed E-state index contributed by atoms with van der Waals surface area (Å²) in [5, 5.41) is 0. The van der Waals surface area contributed by atoms with Crippen molar-refractivity contribution >= 4 is 52.2 Å². The molecule has 2 amide bonds. The fourth-order valence-electron chi connectivity index (χ4n) is 2.93. The van der Waals surface area contributed by atoms with Crippen LogP contribution in [0.25, 0.3) is 11.4 Å². The molecule has 0 saturated carbocycles. The van der Waals surface area contributed by atoms with Gasteiger partial charge < -0.3 is 0 Å². The van der Waals surface area contributed by atoms with Crippen LogP contribution in [0.4, 0.5) is 0 Å². The number of nitrogens with zero attached hydrogens (tertiary/aromatic N) is 2. The van der Waals surface area contributed by atoms with Crippen LogP contribution in [0.2, 0.25) is 0 Å². The Morgan fingerprint density at radius 3 is 1.50 bits per heavy atom. The second-order valence-corrected chi connectivity index (χ2v) is 9.11. The van der Waals surface area contributed by atoms with Gasteiger partial charge in [-0.3, -0.25) is 0 Å². The normalized spacial score (nSPS) is 18.1. The fraction of sp³-hybridized carbons (Fsp3) is 0.125. The quantitative estimate of drug-likeness (QED) is 0.675. The number of fused-ring (bicyclic) bond motifs is 1. The molecule has 0 bridgehead atoms. The molecule has 0 fully saturated rings. The number of carbonyl (C=O) groups is 2. The van der Waals surface area contributed by atoms with Crippen molar-refractivity contribution in [3.05, 3.63) is 54.2 Å². The summed E-state index contributed by atoms with van der Waals surface area (Å²) < 4.78 is 2.20. The molecule has 0 spiro atoms. The first-order chi connectivity index (χ1) is 10.6. The van der Waals surface area contributed by atoms with Crippen LogP contribution in [0.15, 0.2) is 45.3 Å². The van der Waals surface area contributed by atoms with E-state index in [0.717, 1.165) is 20.3 Å². The molecule has 22 heavy (non-hydrogen) atoms. The molecular formula is C16H12N2O2Se2. The van der Waals surface area contributed by atoms with Crippen molar-refractivity contribution in [2.75, 3.05) is 14.1 Å². The van der Waals surface area contributed by atoms with Gasteiger partial charge in [0.05, 0.1) is 0 Å². The monoisotopic (exact) mass is 424 g/mol. The van der Waals surface area contributed by atoms with E-state index in [1.54, 1.807) is 23.9 Å². The number of rotatable bonds is 2. The predicted molar refractivity (Wildman–Crippen MR) is 86.1 cm³/mol. The molecular weight excluding hydrogens is 410 g/mol. The molecule has 0 aliphatic carbocycles. The van der Waals surface area contributed by atoms with E-state index in [1.807, 2.05) is 24.3 Å². The average Bonchev–Trinajstić information content (AvgIpc) is 3.25. The van der Waals surface area contributed by atoms with Crippen molar-refractivity contribution in [3.63, 3.8) is 0 Å². The maximum absolute atomic E-state index is 12.8. The van der Waals surface area contributed by atoms with Gasteiger partial charge >= 0.3 is 140 Å². The minimum atomic E-state index is -0.0649. The van der Waals surface area contributed by atoms with Crippen LogP contribution >= 0.6 is 0 Å². The zero-order chi connectivity index (χ0) is 15.4. The van der Waals surface area contributed by atoms with Gasteiger partial charge in [0.15, 0.2) is 0 Å². The summed E-state index contributed by atoms with van der Waals surface area (Å²) in [5.41, 5.74) is 2.78. The van der Waals surface area contributed by atoms with Crippen molar-refractivity contribution < 1.29 is 9.59 Å². The van der Waals surface area contributed by atoms with Gasteiger partial charge in [0.2, 0.25) is 0 Å². The van der Waals surface area contributed by atoms with Gasteiger partial charge in [0, 0.05) is 0 Å². The van der Waals surface area contributed by atoms with Crippen LogP contribution in [0.3, 0.4) is 0 Å². The predicted octanol–water partition coefficient (Wildman–Crippen LogP) is 0.867. The zero-order valence-electron chi connectivity index (χ0n) is 12.0. The number of hydrogen-bond donors (Lipinski definition) is 0. The molecule has 0 N–H and O–H groups in total. The Morgan fingerprint density at radius 1 is 0.773 bits per heavy atom. The van der Waals surface area contributed by atoms with Crippen LogP contribution in [0.5, 0.6) is 0 Å². The maximum atomic E-state index is 12.8. The van der Waals surface area contributed by atoms with Crippen molar-refractivity contribution in [2.45, 2.75) is 0 Å². The molecule has 4 rings (SSSR count). The molecule has 2 aliphatic rings. The van der Waals surface area contributed by atoms with Crippen molar-refractivity contribution in [2.24, 2.45) is 0 Å². The van der Waals surface area contributed by atoms with Gasteiger partial charge in [0.1, 0.15) is 0 Å². The number of hydrogen-bond acceptors (Lipinski definition) is 2. The zero-order valence-corrected chi connectivity index (χ0v) is 15.4. The van der Waals surface area contributed by atoms with E-state index in [4.69, 9.17) is 0 Å². The summed E-state index contributed by atoms with van der Waals surface area (Å²) in [6.07, 6.45) is 0. The van der Waals surface area contributed by atoms with Crippen LogP contribution < -0.4 is 0 Å². The van der Waals surface area contributed by atoms with Crippen LogP contribution in [0.1, 0.15) is 8.87 Å². The van der Waals surface area contributed by atoms with Gasteiger partial charge in [-0.2, -0.15) is 0 Å². The summed E-state index contributed by atoms with van der Waals surface area (Å²) in [4.78, 5) is 33.1. The molecule has 0 radical (unpaired) electrons. The summed E-state index contributed by atoms with van der Waals surface area (Å²) in [5.74, 6) is -0.130. The number of carbonyl (C=O) groups excluding carboxylic acids is 2. The molecule has 2 aliphatic heterocycles. The topological polar surface area (TPSA) is 40.6 Å². The van der Waals surface area contributed by atoms with E-state index in [9.17, 15) is 9.59 Å². The Morgan fingerprint density at radius 2 is 1.18 bits per heavy atom. The Hall–Kier alpha value is -1.58. The van der Waals surface area contributed by atoms with Crippen LogP contribution in [0, 0.1) is 0 Å². The van der Waals surface area contributed by atoms with Crippen molar-refractivity contribution in [3.8, 4) is 0 Å². The Kier molecular flexibility index (Phi) is 3.17. The Bertz CT molecular complexity index is 773. The molecule has 2 aromatic rings. The van der Waals surface area contributed by atoms with E-state index in [2.05, 4.69) is 9.88 Å². The van der Waals surface area contributed by atoms with E-state index in [1.165, 1.54) is 0 Å². The van der Waals surface area contributed by atoms with Gasteiger partial charge in [0.25, 0.3) is 0 Å². The first-order valence-electron chi connectivity index (χ1n) is 6.74. The number of amides is 2. The molecule has 0 saturated heterocycles. The van der Waals surface area contributed by atoms with Gasteiger partial charge in [-0.05, 0) is 0 Å². The van der Waals surface area contributed by atoms with E-state index in [0.29, 0.717) is 11.1 Å². The van der Waals surface area contributed by atoms with E-state index >= 15 is 0 Å². The van der Waals surface area contributed by atoms with E-state index < -0.39 is 0 Å². The second-order valence-electron chi connectivity index (χ2n) is 5.13. The molecule has 110 valence electrons. The van der Waals surface area contributed by atoms with Crippen molar-refractivity contribution in [1.29, 1.82) is 0 Å². The molecule has 6 heteroatoms. The molecule has 0 unspecified atom stereocenters. The van der Waals surface area contributed by atoms with Gasteiger partial charge in [-0.15, -0.1) is 0 Å². The third kappa shape index (κ3) is 1.76. The van der Waals surface area contributed by atoms with Gasteiger partial charge in [-0.25, -0.2) is 0 Å². The summed E-state index contributed by atoms with van der Waals surface area (Å²) in [6, 6.07) is 8.03. The minimum absolute atomic E-state index is 0.0649. The Labute approximate surface area is 139 Å². The van der Waals surface area contributed by atoms with Gasteiger partial charge in [-0.1, -0.05) is 0 Å². The summed E-state index contributed by atoms with van der Waals surface area (Å²) in [6.45, 7) is 0. The first kappa shape index (κ1) is 14.0. The van der Waals surface area contributed by atoms with Crippen LogP contribution in [-0.4, -0.2) is 64.7 Å². The third-order valence-corrected chi connectivity index (χ3v) is 7.62. The second kappa shape index (κ2) is 4.97. The third-order valence-electron chi connectivity index (χ3n) is 3.94. The SMILES string of the molecule is CN1C(=O)C2=C(c3ccc[se]3)N(C)C(=O)C2=C1c1ccc[se]1. The Balaban J connectivity index is 2.03. The van der Waals surface area contributed by atoms with Crippen molar-refractivity contribution in [1.82, 2.24) is 9.80 Å². The first-order valence-corrected chi connectivity index (χ1v) is 10.4. The molecule has 2 aromatic heterocycles.